The number of halogens is 3. The Morgan fingerprint density at radius 3 is 1.23 bits per heavy atom. The summed E-state index contributed by atoms with van der Waals surface area (Å²) in [6, 6.07) is 0. The maximum atomic E-state index is 11.6. The van der Waals surface area contributed by atoms with E-state index in [4.69, 9.17) is 0 Å². The third-order valence-electron chi connectivity index (χ3n) is 0.993. The van der Waals surface area contributed by atoms with E-state index in [0.717, 1.165) is 0 Å². The monoisotopic (exact) mass is 202 g/mol. The number of hydrogen-bond acceptors (Lipinski definition) is 3. The standard InChI is InChI=1S/C7H13F3O3/c8-1-4-11-7(12-5-2-9)13-6-3-10/h7H,1-6H2. The molecule has 13 heavy (non-hydrogen) atoms. The van der Waals surface area contributed by atoms with Crippen LogP contribution in [0, 0.1) is 0 Å². The molecule has 3 nitrogen and oxygen atoms in total. The minimum atomic E-state index is -1.18. The average molecular weight is 202 g/mol. The minimum Gasteiger partial charge on any atom is -0.327 e. The molecule has 0 rings (SSSR count). The molecule has 0 radical (unpaired) electrons. The van der Waals surface area contributed by atoms with Gasteiger partial charge in [0.15, 0.2) is 0 Å². The van der Waals surface area contributed by atoms with Crippen molar-refractivity contribution in [3.8, 4) is 0 Å². The molecule has 0 heterocycles. The summed E-state index contributed by atoms with van der Waals surface area (Å²) in [5.41, 5.74) is 0. The number of hydrogen-bond donors (Lipinski definition) is 0. The number of alkyl halides is 3. The molecule has 6 heteroatoms. The molecule has 0 unspecified atom stereocenters. The molecule has 0 saturated carbocycles. The van der Waals surface area contributed by atoms with Crippen LogP contribution in [0.2, 0.25) is 0 Å². The maximum Gasteiger partial charge on any atom is 0.271 e. The number of ether oxygens (including phenoxy) is 3. The molecule has 0 aliphatic carbocycles. The molecule has 0 fully saturated rings. The lowest BCUT2D eigenvalue weighted by molar-refractivity contribution is -0.289. The molecule has 0 aromatic heterocycles. The molecule has 0 bridgehead atoms. The summed E-state index contributed by atoms with van der Waals surface area (Å²) < 4.78 is 48.8. The van der Waals surface area contributed by atoms with Gasteiger partial charge >= 0.3 is 0 Å². The summed E-state index contributed by atoms with van der Waals surface area (Å²) in [6.07, 6.45) is 0. The largest absolute Gasteiger partial charge is 0.327 e. The molecule has 0 aliphatic heterocycles. The minimum absolute atomic E-state index is 0.219. The SMILES string of the molecule is FCCOC(OCCF)OCCF. The molecule has 0 aromatic carbocycles. The Bertz CT molecular complexity index is 86.0. The van der Waals surface area contributed by atoms with E-state index in [-0.39, 0.29) is 19.8 Å². The molecule has 0 amide bonds. The van der Waals surface area contributed by atoms with Crippen molar-refractivity contribution in [2.75, 3.05) is 39.8 Å². The van der Waals surface area contributed by atoms with Gasteiger partial charge in [-0.3, -0.25) is 0 Å². The van der Waals surface area contributed by atoms with Crippen LogP contribution in [0.1, 0.15) is 0 Å². The fourth-order valence-corrected chi connectivity index (χ4v) is 0.567. The fourth-order valence-electron chi connectivity index (χ4n) is 0.567. The zero-order chi connectivity index (χ0) is 9.94. The van der Waals surface area contributed by atoms with Gasteiger partial charge in [0.2, 0.25) is 0 Å². The summed E-state index contributed by atoms with van der Waals surface area (Å²) in [6.45, 7) is -3.94. The summed E-state index contributed by atoms with van der Waals surface area (Å²) in [7, 11) is 0. The highest BCUT2D eigenvalue weighted by Crippen LogP contribution is 1.98. The fraction of sp³-hybridized carbons (Fsp3) is 1.00. The van der Waals surface area contributed by atoms with E-state index in [2.05, 4.69) is 14.2 Å². The Hall–Kier alpha value is -0.330. The second-order valence-electron chi connectivity index (χ2n) is 1.97. The van der Waals surface area contributed by atoms with Gasteiger partial charge in [0.1, 0.15) is 20.0 Å². The van der Waals surface area contributed by atoms with E-state index in [1.54, 1.807) is 0 Å². The third kappa shape index (κ3) is 8.01. The Morgan fingerprint density at radius 1 is 0.692 bits per heavy atom. The highest BCUT2D eigenvalue weighted by Gasteiger charge is 2.08. The van der Waals surface area contributed by atoms with Crippen molar-refractivity contribution in [1.29, 1.82) is 0 Å². The van der Waals surface area contributed by atoms with Crippen molar-refractivity contribution in [3.05, 3.63) is 0 Å². The lowest BCUT2D eigenvalue weighted by Gasteiger charge is -2.16. The predicted molar refractivity (Wildman–Crippen MR) is 39.6 cm³/mol. The van der Waals surface area contributed by atoms with Crippen LogP contribution in [-0.2, 0) is 14.2 Å². The van der Waals surface area contributed by atoms with Crippen molar-refractivity contribution in [2.24, 2.45) is 0 Å². The van der Waals surface area contributed by atoms with Gasteiger partial charge in [-0.2, -0.15) is 0 Å². The van der Waals surface area contributed by atoms with Crippen LogP contribution in [0.3, 0.4) is 0 Å². The Labute approximate surface area is 74.8 Å². The van der Waals surface area contributed by atoms with E-state index in [1.165, 1.54) is 0 Å². The van der Waals surface area contributed by atoms with Crippen LogP contribution in [0.4, 0.5) is 13.2 Å². The number of rotatable bonds is 9. The van der Waals surface area contributed by atoms with Crippen molar-refractivity contribution < 1.29 is 27.4 Å². The van der Waals surface area contributed by atoms with Crippen LogP contribution >= 0.6 is 0 Å². The lowest BCUT2D eigenvalue weighted by Crippen LogP contribution is -2.24. The van der Waals surface area contributed by atoms with Crippen LogP contribution in [-0.4, -0.2) is 46.3 Å². The Kier molecular flexibility index (Phi) is 9.51. The highest BCUT2D eigenvalue weighted by atomic mass is 19.1. The van der Waals surface area contributed by atoms with E-state index in [0.29, 0.717) is 0 Å². The van der Waals surface area contributed by atoms with E-state index in [9.17, 15) is 13.2 Å². The Balaban J connectivity index is 3.47. The molecule has 0 aromatic rings. The molecule has 80 valence electrons. The molecule has 0 saturated heterocycles. The van der Waals surface area contributed by atoms with Gasteiger partial charge in [0, 0.05) is 0 Å². The molecular weight excluding hydrogens is 189 g/mol. The van der Waals surface area contributed by atoms with Crippen LogP contribution < -0.4 is 0 Å². The van der Waals surface area contributed by atoms with E-state index in [1.807, 2.05) is 0 Å². The molecule has 0 atom stereocenters. The van der Waals surface area contributed by atoms with E-state index >= 15 is 0 Å². The summed E-state index contributed by atoms with van der Waals surface area (Å²) >= 11 is 0. The first-order valence-corrected chi connectivity index (χ1v) is 3.87. The van der Waals surface area contributed by atoms with Crippen LogP contribution in [0.15, 0.2) is 0 Å². The van der Waals surface area contributed by atoms with Crippen molar-refractivity contribution in [3.63, 3.8) is 0 Å². The third-order valence-corrected chi connectivity index (χ3v) is 0.993. The quantitative estimate of drug-likeness (QED) is 0.526. The zero-order valence-electron chi connectivity index (χ0n) is 7.18. The van der Waals surface area contributed by atoms with Gasteiger partial charge in [0.05, 0.1) is 19.8 Å². The summed E-state index contributed by atoms with van der Waals surface area (Å²) in [5, 5.41) is 0. The summed E-state index contributed by atoms with van der Waals surface area (Å²) in [5.74, 6) is 0. The topological polar surface area (TPSA) is 27.7 Å². The average Bonchev–Trinajstić information content (AvgIpc) is 2.17. The normalized spacial score (nSPS) is 11.1. The molecule has 0 spiro atoms. The van der Waals surface area contributed by atoms with Gasteiger partial charge in [-0.15, -0.1) is 0 Å². The molecular formula is C7H13F3O3. The van der Waals surface area contributed by atoms with E-state index < -0.39 is 26.5 Å². The predicted octanol–water partition coefficient (Wildman–Crippen LogP) is 1.23. The van der Waals surface area contributed by atoms with Crippen molar-refractivity contribution >= 4 is 0 Å². The second kappa shape index (κ2) is 9.76. The lowest BCUT2D eigenvalue weighted by atomic mass is 10.8. The van der Waals surface area contributed by atoms with Gasteiger partial charge in [-0.1, -0.05) is 0 Å². The van der Waals surface area contributed by atoms with Crippen molar-refractivity contribution in [1.82, 2.24) is 0 Å². The zero-order valence-corrected chi connectivity index (χ0v) is 7.18. The Morgan fingerprint density at radius 2 is 1.00 bits per heavy atom. The maximum absolute atomic E-state index is 11.6. The summed E-state index contributed by atoms with van der Waals surface area (Å²) in [4.78, 5) is 0. The van der Waals surface area contributed by atoms with Crippen LogP contribution in [0.25, 0.3) is 0 Å². The first-order chi connectivity index (χ1) is 6.35. The van der Waals surface area contributed by atoms with Gasteiger partial charge < -0.3 is 14.2 Å². The van der Waals surface area contributed by atoms with Crippen molar-refractivity contribution in [2.45, 2.75) is 6.48 Å². The van der Waals surface area contributed by atoms with Gasteiger partial charge in [0.25, 0.3) is 6.48 Å². The van der Waals surface area contributed by atoms with Crippen LogP contribution in [0.5, 0.6) is 0 Å². The van der Waals surface area contributed by atoms with Gasteiger partial charge in [-0.05, 0) is 0 Å². The first-order valence-electron chi connectivity index (χ1n) is 3.87. The second-order valence-corrected chi connectivity index (χ2v) is 1.97. The first kappa shape index (κ1) is 12.7. The van der Waals surface area contributed by atoms with Gasteiger partial charge in [-0.25, -0.2) is 13.2 Å². The molecule has 0 N–H and O–H groups in total. The highest BCUT2D eigenvalue weighted by molar-refractivity contribution is 4.32. The molecule has 0 aliphatic rings. The smallest absolute Gasteiger partial charge is 0.271 e.